The van der Waals surface area contributed by atoms with Gasteiger partial charge in [0.25, 0.3) is 0 Å². The monoisotopic (exact) mass is 272 g/mol. The molecule has 0 fully saturated rings. The Hall–Kier alpha value is -2.14. The topological polar surface area (TPSA) is 64.3 Å². The van der Waals surface area contributed by atoms with Crippen molar-refractivity contribution in [2.24, 2.45) is 0 Å². The summed E-state index contributed by atoms with van der Waals surface area (Å²) in [4.78, 5) is 10.7. The lowest BCUT2D eigenvalue weighted by Crippen LogP contribution is -2.19. The first-order valence-electron chi connectivity index (χ1n) is 6.65. The maximum absolute atomic E-state index is 5.83. The molecule has 1 heterocycles. The van der Waals surface area contributed by atoms with Crippen LogP contribution in [0.15, 0.2) is 36.4 Å². The standard InChI is InChI=1S/C15H20N4O/c1-3-20-11-14-17-13(16)9-15(18-14)19(2)10-12-7-5-4-6-8-12/h4-9H,3,10-11H2,1-2H3,(H2,16,17,18). The quantitative estimate of drug-likeness (QED) is 0.873. The normalized spacial score (nSPS) is 10.5. The predicted octanol–water partition coefficient (Wildman–Crippen LogP) is 2.23. The highest BCUT2D eigenvalue weighted by Crippen LogP contribution is 2.15. The van der Waals surface area contributed by atoms with Gasteiger partial charge in [0.1, 0.15) is 18.2 Å². The molecule has 0 aliphatic carbocycles. The maximum atomic E-state index is 5.83. The summed E-state index contributed by atoms with van der Waals surface area (Å²) in [5.74, 6) is 1.88. The van der Waals surface area contributed by atoms with Crippen LogP contribution in [0, 0.1) is 0 Å². The van der Waals surface area contributed by atoms with E-state index in [-0.39, 0.29) is 0 Å². The second kappa shape index (κ2) is 6.86. The summed E-state index contributed by atoms with van der Waals surface area (Å²) in [7, 11) is 1.99. The zero-order valence-electron chi connectivity index (χ0n) is 11.9. The van der Waals surface area contributed by atoms with E-state index in [2.05, 4.69) is 22.1 Å². The SMILES string of the molecule is CCOCc1nc(N)cc(N(C)Cc2ccccc2)n1. The van der Waals surface area contributed by atoms with E-state index >= 15 is 0 Å². The Morgan fingerprint density at radius 2 is 1.95 bits per heavy atom. The first kappa shape index (κ1) is 14.3. The Kier molecular flexibility index (Phi) is 4.90. The molecule has 0 amide bonds. The van der Waals surface area contributed by atoms with E-state index in [1.807, 2.05) is 37.1 Å². The summed E-state index contributed by atoms with van der Waals surface area (Å²) in [6, 6.07) is 12.0. The van der Waals surface area contributed by atoms with Crippen LogP contribution in [0.3, 0.4) is 0 Å². The summed E-state index contributed by atoms with van der Waals surface area (Å²) in [6.07, 6.45) is 0. The zero-order chi connectivity index (χ0) is 14.4. The number of aromatic nitrogens is 2. The molecule has 0 aliphatic heterocycles. The van der Waals surface area contributed by atoms with Gasteiger partial charge < -0.3 is 15.4 Å². The van der Waals surface area contributed by atoms with Crippen LogP contribution in [-0.4, -0.2) is 23.6 Å². The molecule has 0 spiro atoms. The van der Waals surface area contributed by atoms with Gasteiger partial charge in [0.05, 0.1) is 0 Å². The van der Waals surface area contributed by atoms with Crippen LogP contribution in [-0.2, 0) is 17.9 Å². The average Bonchev–Trinajstić information content (AvgIpc) is 2.45. The van der Waals surface area contributed by atoms with Crippen LogP contribution in [0.4, 0.5) is 11.6 Å². The summed E-state index contributed by atoms with van der Waals surface area (Å²) in [6.45, 7) is 3.72. The third-order valence-electron chi connectivity index (χ3n) is 2.87. The largest absolute Gasteiger partial charge is 0.384 e. The fraction of sp³-hybridized carbons (Fsp3) is 0.333. The zero-order valence-corrected chi connectivity index (χ0v) is 11.9. The van der Waals surface area contributed by atoms with Crippen LogP contribution < -0.4 is 10.6 Å². The Balaban J connectivity index is 2.12. The molecule has 2 N–H and O–H groups in total. The van der Waals surface area contributed by atoms with Crippen molar-refractivity contribution < 1.29 is 4.74 Å². The number of nitrogens with two attached hydrogens (primary N) is 1. The average molecular weight is 272 g/mol. The van der Waals surface area contributed by atoms with Crippen molar-refractivity contribution in [1.82, 2.24) is 9.97 Å². The van der Waals surface area contributed by atoms with Crippen LogP contribution in [0.2, 0.25) is 0 Å². The van der Waals surface area contributed by atoms with E-state index in [1.165, 1.54) is 5.56 Å². The number of anilines is 2. The first-order chi connectivity index (χ1) is 9.69. The first-order valence-corrected chi connectivity index (χ1v) is 6.65. The highest BCUT2D eigenvalue weighted by atomic mass is 16.5. The third-order valence-corrected chi connectivity index (χ3v) is 2.87. The predicted molar refractivity (Wildman–Crippen MR) is 80.3 cm³/mol. The number of benzene rings is 1. The van der Waals surface area contributed by atoms with Crippen LogP contribution >= 0.6 is 0 Å². The Morgan fingerprint density at radius 1 is 1.20 bits per heavy atom. The molecule has 2 rings (SSSR count). The molecule has 0 saturated heterocycles. The van der Waals surface area contributed by atoms with Gasteiger partial charge in [0, 0.05) is 26.3 Å². The summed E-state index contributed by atoms with van der Waals surface area (Å²) < 4.78 is 5.33. The van der Waals surface area contributed by atoms with Crippen LogP contribution in [0.1, 0.15) is 18.3 Å². The molecule has 0 atom stereocenters. The van der Waals surface area contributed by atoms with E-state index in [1.54, 1.807) is 6.07 Å². The molecule has 2 aromatic rings. The Morgan fingerprint density at radius 3 is 2.65 bits per heavy atom. The summed E-state index contributed by atoms with van der Waals surface area (Å²) in [5, 5.41) is 0. The van der Waals surface area contributed by atoms with Crippen molar-refractivity contribution in [3.63, 3.8) is 0 Å². The lowest BCUT2D eigenvalue weighted by molar-refractivity contribution is 0.128. The minimum absolute atomic E-state index is 0.383. The number of nitrogen functional groups attached to an aromatic ring is 1. The Bertz CT molecular complexity index is 545. The lowest BCUT2D eigenvalue weighted by atomic mass is 10.2. The van der Waals surface area contributed by atoms with E-state index < -0.39 is 0 Å². The van der Waals surface area contributed by atoms with Crippen LogP contribution in [0.5, 0.6) is 0 Å². The van der Waals surface area contributed by atoms with Gasteiger partial charge in [-0.2, -0.15) is 0 Å². The number of nitrogens with zero attached hydrogens (tertiary/aromatic N) is 3. The van der Waals surface area contributed by atoms with E-state index in [0.29, 0.717) is 24.9 Å². The molecule has 5 heteroatoms. The molecular formula is C15H20N4O. The summed E-state index contributed by atoms with van der Waals surface area (Å²) in [5.41, 5.74) is 7.05. The van der Waals surface area contributed by atoms with E-state index in [9.17, 15) is 0 Å². The fourth-order valence-electron chi connectivity index (χ4n) is 1.89. The Labute approximate surface area is 119 Å². The number of ether oxygens (including phenoxy) is 1. The molecule has 0 aliphatic rings. The molecular weight excluding hydrogens is 252 g/mol. The van der Waals surface area contributed by atoms with E-state index in [4.69, 9.17) is 10.5 Å². The highest BCUT2D eigenvalue weighted by molar-refractivity contribution is 5.46. The number of rotatable bonds is 6. The molecule has 1 aromatic heterocycles. The molecule has 0 radical (unpaired) electrons. The van der Waals surface area contributed by atoms with Crippen molar-refractivity contribution in [2.45, 2.75) is 20.1 Å². The van der Waals surface area contributed by atoms with Gasteiger partial charge in [-0.25, -0.2) is 9.97 Å². The maximum Gasteiger partial charge on any atom is 0.158 e. The summed E-state index contributed by atoms with van der Waals surface area (Å²) >= 11 is 0. The molecule has 0 unspecified atom stereocenters. The van der Waals surface area contributed by atoms with E-state index in [0.717, 1.165) is 12.4 Å². The third kappa shape index (κ3) is 3.93. The number of hydrogen-bond donors (Lipinski definition) is 1. The highest BCUT2D eigenvalue weighted by Gasteiger charge is 2.08. The molecule has 5 nitrogen and oxygen atoms in total. The van der Waals surface area contributed by atoms with Gasteiger partial charge in [-0.05, 0) is 12.5 Å². The van der Waals surface area contributed by atoms with Crippen molar-refractivity contribution in [3.8, 4) is 0 Å². The van der Waals surface area contributed by atoms with Gasteiger partial charge >= 0.3 is 0 Å². The van der Waals surface area contributed by atoms with Gasteiger partial charge in [-0.3, -0.25) is 0 Å². The van der Waals surface area contributed by atoms with Crippen molar-refractivity contribution in [1.29, 1.82) is 0 Å². The number of hydrogen-bond acceptors (Lipinski definition) is 5. The molecule has 0 bridgehead atoms. The van der Waals surface area contributed by atoms with Gasteiger partial charge in [-0.15, -0.1) is 0 Å². The lowest BCUT2D eigenvalue weighted by Gasteiger charge is -2.19. The molecule has 106 valence electrons. The van der Waals surface area contributed by atoms with Crippen molar-refractivity contribution in [2.75, 3.05) is 24.3 Å². The van der Waals surface area contributed by atoms with Crippen molar-refractivity contribution >= 4 is 11.6 Å². The second-order valence-electron chi connectivity index (χ2n) is 4.55. The smallest absolute Gasteiger partial charge is 0.158 e. The molecule has 20 heavy (non-hydrogen) atoms. The second-order valence-corrected chi connectivity index (χ2v) is 4.55. The minimum Gasteiger partial charge on any atom is -0.384 e. The molecule has 1 aromatic carbocycles. The minimum atomic E-state index is 0.383. The van der Waals surface area contributed by atoms with Gasteiger partial charge in [-0.1, -0.05) is 30.3 Å². The van der Waals surface area contributed by atoms with Crippen molar-refractivity contribution in [3.05, 3.63) is 47.8 Å². The fourth-order valence-corrected chi connectivity index (χ4v) is 1.89. The van der Waals surface area contributed by atoms with Gasteiger partial charge in [0.15, 0.2) is 5.82 Å². The molecule has 0 saturated carbocycles. The van der Waals surface area contributed by atoms with Gasteiger partial charge in [0.2, 0.25) is 0 Å². The van der Waals surface area contributed by atoms with Crippen LogP contribution in [0.25, 0.3) is 0 Å².